The quantitative estimate of drug-likeness (QED) is 0.392. The molecule has 0 amide bonds. The second-order valence-electron chi connectivity index (χ2n) is 11.2. The number of allylic oxidation sites excluding steroid dienone is 7. The predicted molar refractivity (Wildman–Crippen MR) is 125 cm³/mol. The van der Waals surface area contributed by atoms with Gasteiger partial charge in [0.2, 0.25) is 0 Å². The summed E-state index contributed by atoms with van der Waals surface area (Å²) in [5.41, 5.74) is 3.55. The van der Waals surface area contributed by atoms with Gasteiger partial charge in [-0.2, -0.15) is 0 Å². The maximum absolute atomic E-state index is 12.4. The smallest absolute Gasteiger partial charge is 0.185 e. The highest BCUT2D eigenvalue weighted by Gasteiger charge is 2.63. The van der Waals surface area contributed by atoms with Gasteiger partial charge in [-0.05, 0) is 70.9 Å². The number of fused-ring (bicyclic) bond motifs is 2. The highest BCUT2D eigenvalue weighted by molar-refractivity contribution is 6.20. The third-order valence-electron chi connectivity index (χ3n) is 8.28. The Balaban J connectivity index is 1.56. The minimum absolute atomic E-state index is 0.0135. The average Bonchev–Trinajstić information content (AvgIpc) is 3.14. The molecule has 4 aliphatic rings. The molecule has 0 radical (unpaired) electrons. The molecule has 166 valence electrons. The summed E-state index contributed by atoms with van der Waals surface area (Å²) >= 11 is 0. The molecule has 1 spiro atoms. The van der Waals surface area contributed by atoms with Crippen molar-refractivity contribution in [3.8, 4) is 0 Å². The lowest BCUT2D eigenvalue weighted by Gasteiger charge is -2.55. The molecule has 3 atom stereocenters. The summed E-state index contributed by atoms with van der Waals surface area (Å²) in [4.78, 5) is 24.2. The van der Waals surface area contributed by atoms with Crippen LogP contribution in [0.15, 0.2) is 58.7 Å². The lowest BCUT2D eigenvalue weighted by atomic mass is 9.53. The number of ketones is 2. The number of carbonyl (C=O) groups is 2. The normalized spacial score (nSPS) is 37.1. The third-order valence-corrected chi connectivity index (χ3v) is 8.28. The zero-order valence-corrected chi connectivity index (χ0v) is 19.9. The van der Waals surface area contributed by atoms with E-state index in [1.165, 1.54) is 42.6 Å². The molecular weight excluding hydrogens is 384 g/mol. The SMILES string of the molecule is CC1=CC(=O)C=C(C/C=C(\C)CC2=C[C@@]3(C)CCC[C@@]3(C)[C@]3(C=CC(C)(C)O3)C2)C1=O. The molecule has 1 saturated carbocycles. The summed E-state index contributed by atoms with van der Waals surface area (Å²) < 4.78 is 6.80. The Morgan fingerprint density at radius 3 is 2.52 bits per heavy atom. The first-order chi connectivity index (χ1) is 14.4. The van der Waals surface area contributed by atoms with Gasteiger partial charge in [0.25, 0.3) is 0 Å². The lowest BCUT2D eigenvalue weighted by molar-refractivity contribution is -0.163. The molecule has 3 aliphatic carbocycles. The molecule has 0 aromatic rings. The molecule has 1 aliphatic heterocycles. The molecule has 0 bridgehead atoms. The monoisotopic (exact) mass is 420 g/mol. The largest absolute Gasteiger partial charge is 0.360 e. The van der Waals surface area contributed by atoms with Crippen molar-refractivity contribution < 1.29 is 14.3 Å². The summed E-state index contributed by atoms with van der Waals surface area (Å²) in [6.07, 6.45) is 18.1. The van der Waals surface area contributed by atoms with Crippen LogP contribution in [0.4, 0.5) is 0 Å². The summed E-state index contributed by atoms with van der Waals surface area (Å²) in [5, 5.41) is 0. The van der Waals surface area contributed by atoms with Gasteiger partial charge in [-0.25, -0.2) is 0 Å². The van der Waals surface area contributed by atoms with Gasteiger partial charge in [0.05, 0.1) is 11.2 Å². The minimum Gasteiger partial charge on any atom is -0.360 e. The number of Topliss-reactive ketones (excluding diaryl/α,β-unsaturated/α-hetero) is 1. The average molecular weight is 421 g/mol. The second kappa shape index (κ2) is 7.27. The molecule has 0 saturated heterocycles. The molecule has 0 aromatic carbocycles. The summed E-state index contributed by atoms with van der Waals surface area (Å²) in [7, 11) is 0. The molecule has 3 nitrogen and oxygen atoms in total. The van der Waals surface area contributed by atoms with Crippen molar-refractivity contribution in [1.29, 1.82) is 0 Å². The van der Waals surface area contributed by atoms with E-state index in [9.17, 15) is 9.59 Å². The van der Waals surface area contributed by atoms with Crippen molar-refractivity contribution in [2.75, 3.05) is 0 Å². The zero-order chi connectivity index (χ0) is 22.7. The van der Waals surface area contributed by atoms with Crippen LogP contribution in [0.5, 0.6) is 0 Å². The Labute approximate surface area is 187 Å². The molecule has 1 fully saturated rings. The molecular formula is C28H36O3. The summed E-state index contributed by atoms with van der Waals surface area (Å²) in [5.74, 6) is -0.100. The van der Waals surface area contributed by atoms with Gasteiger partial charge in [0, 0.05) is 23.0 Å². The number of ether oxygens (including phenoxy) is 1. The highest BCUT2D eigenvalue weighted by atomic mass is 16.5. The number of carbonyl (C=O) groups excluding carboxylic acids is 2. The Bertz CT molecular complexity index is 986. The molecule has 0 unspecified atom stereocenters. The van der Waals surface area contributed by atoms with Gasteiger partial charge in [-0.3, -0.25) is 9.59 Å². The predicted octanol–water partition coefficient (Wildman–Crippen LogP) is 6.37. The molecule has 4 rings (SSSR count). The van der Waals surface area contributed by atoms with Crippen LogP contribution in [0.2, 0.25) is 0 Å². The van der Waals surface area contributed by atoms with E-state index in [0.717, 1.165) is 12.8 Å². The van der Waals surface area contributed by atoms with E-state index in [4.69, 9.17) is 4.74 Å². The van der Waals surface area contributed by atoms with Crippen LogP contribution >= 0.6 is 0 Å². The second-order valence-corrected chi connectivity index (χ2v) is 11.2. The molecule has 3 heteroatoms. The maximum Gasteiger partial charge on any atom is 0.185 e. The van der Waals surface area contributed by atoms with Crippen LogP contribution in [0.25, 0.3) is 0 Å². The fourth-order valence-electron chi connectivity index (χ4n) is 6.39. The van der Waals surface area contributed by atoms with Gasteiger partial charge in [0.1, 0.15) is 0 Å². The number of hydrogen-bond acceptors (Lipinski definition) is 3. The Hall–Kier alpha value is -2.00. The van der Waals surface area contributed by atoms with Crippen molar-refractivity contribution in [2.45, 2.75) is 91.3 Å². The van der Waals surface area contributed by atoms with Crippen LogP contribution in [-0.2, 0) is 14.3 Å². The summed E-state index contributed by atoms with van der Waals surface area (Å²) in [6.45, 7) is 13.0. The Kier molecular flexibility index (Phi) is 5.20. The topological polar surface area (TPSA) is 43.4 Å². The van der Waals surface area contributed by atoms with E-state index in [0.29, 0.717) is 17.6 Å². The van der Waals surface area contributed by atoms with E-state index >= 15 is 0 Å². The van der Waals surface area contributed by atoms with Gasteiger partial charge in [-0.15, -0.1) is 0 Å². The van der Waals surface area contributed by atoms with E-state index in [2.05, 4.69) is 58.9 Å². The highest BCUT2D eigenvalue weighted by Crippen LogP contribution is 2.66. The van der Waals surface area contributed by atoms with Crippen LogP contribution in [0, 0.1) is 10.8 Å². The van der Waals surface area contributed by atoms with Crippen molar-refractivity contribution >= 4 is 11.6 Å². The van der Waals surface area contributed by atoms with Gasteiger partial charge in [-0.1, -0.05) is 55.7 Å². The van der Waals surface area contributed by atoms with Gasteiger partial charge >= 0.3 is 0 Å². The standard InChI is InChI=1S/C28H36O3/c1-19(8-9-22-16-23(29)15-20(2)24(22)30)14-21-17-26(5)10-7-11-27(26,6)28(18-21)13-12-25(3,4)31-28/h8,12-13,15-17H,7,9-11,14,18H2,1-6H3/b19-8+/t26-,27-,28+/m1/s1. The lowest BCUT2D eigenvalue weighted by Crippen LogP contribution is -2.55. The van der Waals surface area contributed by atoms with Crippen molar-refractivity contribution in [3.63, 3.8) is 0 Å². The Morgan fingerprint density at radius 1 is 1.10 bits per heavy atom. The number of rotatable bonds is 4. The van der Waals surface area contributed by atoms with Crippen LogP contribution in [0.3, 0.4) is 0 Å². The fourth-order valence-corrected chi connectivity index (χ4v) is 6.39. The Morgan fingerprint density at radius 2 is 1.84 bits per heavy atom. The molecule has 31 heavy (non-hydrogen) atoms. The molecule has 0 N–H and O–H groups in total. The third kappa shape index (κ3) is 3.65. The van der Waals surface area contributed by atoms with Crippen LogP contribution in [0.1, 0.15) is 80.1 Å². The molecule has 0 aromatic heterocycles. The van der Waals surface area contributed by atoms with E-state index in [1.807, 2.05) is 0 Å². The first kappa shape index (κ1) is 22.2. The van der Waals surface area contributed by atoms with E-state index < -0.39 is 0 Å². The van der Waals surface area contributed by atoms with E-state index in [-0.39, 0.29) is 33.6 Å². The first-order valence-corrected chi connectivity index (χ1v) is 11.6. The number of hydrogen-bond donors (Lipinski definition) is 0. The van der Waals surface area contributed by atoms with Crippen LogP contribution < -0.4 is 0 Å². The van der Waals surface area contributed by atoms with Crippen molar-refractivity contribution in [2.24, 2.45) is 10.8 Å². The first-order valence-electron chi connectivity index (χ1n) is 11.6. The van der Waals surface area contributed by atoms with Crippen LogP contribution in [-0.4, -0.2) is 22.8 Å². The van der Waals surface area contributed by atoms with Gasteiger partial charge < -0.3 is 4.74 Å². The molecule has 1 heterocycles. The van der Waals surface area contributed by atoms with E-state index in [1.54, 1.807) is 6.92 Å². The fraction of sp³-hybridized carbons (Fsp3) is 0.571. The van der Waals surface area contributed by atoms with Crippen molar-refractivity contribution in [3.05, 3.63) is 58.7 Å². The zero-order valence-electron chi connectivity index (χ0n) is 19.9. The maximum atomic E-state index is 12.4. The summed E-state index contributed by atoms with van der Waals surface area (Å²) in [6, 6.07) is 0. The minimum atomic E-state index is -0.248. The van der Waals surface area contributed by atoms with Gasteiger partial charge in [0.15, 0.2) is 11.6 Å². The van der Waals surface area contributed by atoms with Crippen molar-refractivity contribution in [1.82, 2.24) is 0 Å².